The maximum atomic E-state index is 12.3. The van der Waals surface area contributed by atoms with Gasteiger partial charge >= 0.3 is 6.36 Å². The summed E-state index contributed by atoms with van der Waals surface area (Å²) in [6.45, 7) is 6.24. The van der Waals surface area contributed by atoms with Gasteiger partial charge in [0.15, 0.2) is 0 Å². The van der Waals surface area contributed by atoms with Gasteiger partial charge in [-0.15, -0.1) is 13.2 Å². The van der Waals surface area contributed by atoms with Crippen molar-refractivity contribution in [2.45, 2.75) is 38.3 Å². The second-order valence-electron chi connectivity index (χ2n) is 7.56. The summed E-state index contributed by atoms with van der Waals surface area (Å²) in [5.41, 5.74) is 0.103. The third-order valence-electron chi connectivity index (χ3n) is 4.94. The number of sulfonamides is 1. The molecule has 0 saturated carbocycles. The number of nitrogens with zero attached hydrogens (tertiary/aromatic N) is 1. The van der Waals surface area contributed by atoms with Gasteiger partial charge in [0.1, 0.15) is 5.75 Å². The van der Waals surface area contributed by atoms with Crippen molar-refractivity contribution in [1.29, 1.82) is 0 Å². The lowest BCUT2D eigenvalue weighted by Gasteiger charge is -2.32. The minimum Gasteiger partial charge on any atom is -0.406 e. The van der Waals surface area contributed by atoms with E-state index in [1.165, 1.54) is 12.1 Å². The molecule has 0 unspecified atom stereocenters. The number of carbonyl (C=O) groups excluding carboxylic acids is 1. The average Bonchev–Trinajstić information content (AvgIpc) is 2.65. The molecule has 1 aliphatic rings. The molecule has 1 aromatic rings. The van der Waals surface area contributed by atoms with E-state index in [2.05, 4.69) is 19.7 Å². The Labute approximate surface area is 175 Å². The number of benzene rings is 1. The summed E-state index contributed by atoms with van der Waals surface area (Å²) in [5.74, 6) is -0.628. The lowest BCUT2D eigenvalue weighted by Crippen LogP contribution is -2.42. The van der Waals surface area contributed by atoms with Crippen LogP contribution in [0.4, 0.5) is 13.2 Å². The summed E-state index contributed by atoms with van der Waals surface area (Å²) in [6, 6.07) is 4.96. The molecule has 30 heavy (non-hydrogen) atoms. The quantitative estimate of drug-likeness (QED) is 0.602. The number of nitrogens with one attached hydrogen (secondary N) is 2. The molecule has 170 valence electrons. The second kappa shape index (κ2) is 10.5. The second-order valence-corrected chi connectivity index (χ2v) is 9.88. The molecule has 0 aliphatic carbocycles. The molecule has 2 N–H and O–H groups in total. The molecule has 1 fully saturated rings. The van der Waals surface area contributed by atoms with Crippen LogP contribution in [0.25, 0.3) is 0 Å². The number of amides is 1. The van der Waals surface area contributed by atoms with Crippen LogP contribution in [-0.2, 0) is 10.0 Å². The highest BCUT2D eigenvalue weighted by Crippen LogP contribution is 2.23. The lowest BCUT2D eigenvalue weighted by molar-refractivity contribution is -0.274. The van der Waals surface area contributed by atoms with Gasteiger partial charge in [-0.25, -0.2) is 13.1 Å². The first-order chi connectivity index (χ1) is 14.0. The van der Waals surface area contributed by atoms with Gasteiger partial charge in [-0.3, -0.25) is 4.79 Å². The molecule has 0 atom stereocenters. The third-order valence-corrected chi connectivity index (χ3v) is 6.79. The molecule has 0 spiro atoms. The number of ether oxygens (including phenoxy) is 1. The van der Waals surface area contributed by atoms with Crippen molar-refractivity contribution in [2.24, 2.45) is 5.92 Å². The van der Waals surface area contributed by atoms with E-state index in [0.29, 0.717) is 19.6 Å². The molecular weight excluding hydrogens is 423 g/mol. The highest BCUT2D eigenvalue weighted by molar-refractivity contribution is 7.90. The van der Waals surface area contributed by atoms with Crippen molar-refractivity contribution in [1.82, 2.24) is 14.9 Å². The Hall–Kier alpha value is -1.85. The molecule has 11 heteroatoms. The standard InChI is InChI=1S/C19H28F3N3O4S/c1-14(2)30(27,28)24-8-11-25-9-6-15(7-10-25)13-23-18(26)16-4-3-5-17(12-16)29-19(20,21)22/h3-5,12,14-15,24H,6-11,13H2,1-2H3,(H,23,26). The molecule has 2 rings (SSSR count). The SMILES string of the molecule is CC(C)S(=O)(=O)NCCN1CCC(CNC(=O)c2cccc(OC(F)(F)F)c2)CC1. The zero-order chi connectivity index (χ0) is 22.4. The van der Waals surface area contributed by atoms with Gasteiger partial charge < -0.3 is 15.0 Å². The normalized spacial score (nSPS) is 16.6. The zero-order valence-corrected chi connectivity index (χ0v) is 17.9. The average molecular weight is 452 g/mol. The van der Waals surface area contributed by atoms with Gasteiger partial charge in [-0.2, -0.15) is 0 Å². The minimum absolute atomic E-state index is 0.103. The predicted molar refractivity (Wildman–Crippen MR) is 107 cm³/mol. The summed E-state index contributed by atoms with van der Waals surface area (Å²) in [7, 11) is -3.26. The van der Waals surface area contributed by atoms with Gasteiger partial charge in [0.25, 0.3) is 5.91 Å². The lowest BCUT2D eigenvalue weighted by atomic mass is 9.96. The van der Waals surface area contributed by atoms with Crippen molar-refractivity contribution in [3.8, 4) is 5.75 Å². The Bertz CT molecular complexity index is 807. The largest absolute Gasteiger partial charge is 0.573 e. The van der Waals surface area contributed by atoms with Crippen LogP contribution in [0.15, 0.2) is 24.3 Å². The number of hydrogen-bond acceptors (Lipinski definition) is 5. The fraction of sp³-hybridized carbons (Fsp3) is 0.632. The van der Waals surface area contributed by atoms with Gasteiger partial charge in [-0.05, 0) is 63.9 Å². The maximum Gasteiger partial charge on any atom is 0.573 e. The van der Waals surface area contributed by atoms with E-state index < -0.39 is 33.3 Å². The van der Waals surface area contributed by atoms with E-state index in [4.69, 9.17) is 0 Å². The minimum atomic E-state index is -4.81. The Morgan fingerprint density at radius 1 is 1.27 bits per heavy atom. The molecule has 1 aliphatic heterocycles. The van der Waals surface area contributed by atoms with E-state index in [1.54, 1.807) is 13.8 Å². The van der Waals surface area contributed by atoms with Crippen LogP contribution in [-0.4, -0.2) is 63.6 Å². The molecule has 1 saturated heterocycles. The van der Waals surface area contributed by atoms with Crippen LogP contribution in [0.2, 0.25) is 0 Å². The molecule has 0 radical (unpaired) electrons. The number of carbonyl (C=O) groups is 1. The third kappa shape index (κ3) is 8.11. The Morgan fingerprint density at radius 2 is 1.93 bits per heavy atom. The van der Waals surface area contributed by atoms with Crippen molar-refractivity contribution in [3.05, 3.63) is 29.8 Å². The van der Waals surface area contributed by atoms with Gasteiger partial charge in [0.2, 0.25) is 10.0 Å². The first kappa shape index (κ1) is 24.4. The number of hydrogen-bond donors (Lipinski definition) is 2. The highest BCUT2D eigenvalue weighted by Gasteiger charge is 2.31. The van der Waals surface area contributed by atoms with Crippen LogP contribution < -0.4 is 14.8 Å². The number of rotatable bonds is 9. The van der Waals surface area contributed by atoms with E-state index in [0.717, 1.165) is 38.1 Å². The fourth-order valence-electron chi connectivity index (χ4n) is 3.10. The van der Waals surface area contributed by atoms with Gasteiger partial charge in [0.05, 0.1) is 5.25 Å². The van der Waals surface area contributed by atoms with Crippen molar-refractivity contribution < 1.29 is 31.1 Å². The van der Waals surface area contributed by atoms with Gasteiger partial charge in [0, 0.05) is 25.2 Å². The highest BCUT2D eigenvalue weighted by atomic mass is 32.2. The molecule has 7 nitrogen and oxygen atoms in total. The first-order valence-corrected chi connectivity index (χ1v) is 11.4. The van der Waals surface area contributed by atoms with Crippen LogP contribution in [0.5, 0.6) is 5.75 Å². The molecule has 1 aromatic carbocycles. The smallest absolute Gasteiger partial charge is 0.406 e. The van der Waals surface area contributed by atoms with E-state index in [9.17, 15) is 26.4 Å². The summed E-state index contributed by atoms with van der Waals surface area (Å²) in [5, 5.41) is 2.30. The Kier molecular flexibility index (Phi) is 8.51. The fourth-order valence-corrected chi connectivity index (χ4v) is 3.81. The molecular formula is C19H28F3N3O4S. The summed E-state index contributed by atoms with van der Waals surface area (Å²) in [4.78, 5) is 14.4. The van der Waals surface area contributed by atoms with Crippen molar-refractivity contribution in [3.63, 3.8) is 0 Å². The number of alkyl halides is 3. The first-order valence-electron chi connectivity index (χ1n) is 9.81. The van der Waals surface area contributed by atoms with Crippen molar-refractivity contribution >= 4 is 15.9 Å². The summed E-state index contributed by atoms with van der Waals surface area (Å²) < 4.78 is 66.8. The zero-order valence-electron chi connectivity index (χ0n) is 17.0. The number of piperidine rings is 1. The van der Waals surface area contributed by atoms with Crippen molar-refractivity contribution in [2.75, 3.05) is 32.7 Å². The van der Waals surface area contributed by atoms with Crippen LogP contribution in [0.3, 0.4) is 0 Å². The molecule has 0 bridgehead atoms. The van der Waals surface area contributed by atoms with E-state index in [1.807, 2.05) is 0 Å². The maximum absolute atomic E-state index is 12.3. The van der Waals surface area contributed by atoms with Crippen LogP contribution in [0, 0.1) is 5.92 Å². The predicted octanol–water partition coefficient (Wildman–Crippen LogP) is 2.35. The van der Waals surface area contributed by atoms with Gasteiger partial charge in [-0.1, -0.05) is 6.07 Å². The number of likely N-dealkylation sites (tertiary alicyclic amines) is 1. The Morgan fingerprint density at radius 3 is 2.53 bits per heavy atom. The monoisotopic (exact) mass is 451 g/mol. The topological polar surface area (TPSA) is 87.7 Å². The molecule has 1 heterocycles. The van der Waals surface area contributed by atoms with E-state index in [-0.39, 0.29) is 11.5 Å². The van der Waals surface area contributed by atoms with Crippen LogP contribution in [0.1, 0.15) is 37.0 Å². The Balaban J connectivity index is 1.72. The summed E-state index contributed by atoms with van der Waals surface area (Å²) in [6.07, 6.45) is -3.12. The van der Waals surface area contributed by atoms with Crippen LogP contribution >= 0.6 is 0 Å². The number of halogens is 3. The van der Waals surface area contributed by atoms with E-state index >= 15 is 0 Å². The molecule has 1 amide bonds. The summed E-state index contributed by atoms with van der Waals surface area (Å²) >= 11 is 0. The molecule has 0 aromatic heterocycles.